The van der Waals surface area contributed by atoms with Gasteiger partial charge in [-0.3, -0.25) is 9.88 Å². The number of rotatable bonds is 5. The SMILES string of the molecule is C=P(Cl)(NC1(C(C)=O)CCCC1)C(C)c1ccc(F)cc1. The first-order chi connectivity index (χ1) is 9.77. The molecule has 0 saturated heterocycles. The average molecular weight is 330 g/mol. The van der Waals surface area contributed by atoms with Crippen LogP contribution in [0.2, 0.25) is 0 Å². The van der Waals surface area contributed by atoms with Crippen LogP contribution in [0.4, 0.5) is 4.39 Å². The van der Waals surface area contributed by atoms with Crippen LogP contribution < -0.4 is 5.09 Å². The smallest absolute Gasteiger partial charge is 0.150 e. The molecular weight excluding hydrogens is 308 g/mol. The van der Waals surface area contributed by atoms with Gasteiger partial charge in [0.25, 0.3) is 0 Å². The van der Waals surface area contributed by atoms with Gasteiger partial charge in [-0.25, -0.2) is 4.39 Å². The van der Waals surface area contributed by atoms with Crippen molar-refractivity contribution in [1.82, 2.24) is 5.09 Å². The predicted molar refractivity (Wildman–Crippen MR) is 89.7 cm³/mol. The Kier molecular flexibility index (Phi) is 4.97. The Morgan fingerprint density at radius 2 is 1.90 bits per heavy atom. The summed E-state index contributed by atoms with van der Waals surface area (Å²) in [5.74, 6) is -0.127. The molecule has 2 nitrogen and oxygen atoms in total. The van der Waals surface area contributed by atoms with Gasteiger partial charge in [0.1, 0.15) is 11.6 Å². The largest absolute Gasteiger partial charge is 0.298 e. The van der Waals surface area contributed by atoms with Crippen LogP contribution in [-0.2, 0) is 4.79 Å². The molecule has 0 bridgehead atoms. The van der Waals surface area contributed by atoms with Gasteiger partial charge in [0.2, 0.25) is 0 Å². The number of hydrogen-bond donors (Lipinski definition) is 1. The molecule has 1 N–H and O–H groups in total. The molecule has 2 atom stereocenters. The summed E-state index contributed by atoms with van der Waals surface area (Å²) in [7, 11) is 0. The Labute approximate surface area is 130 Å². The van der Waals surface area contributed by atoms with Crippen molar-refractivity contribution >= 4 is 29.7 Å². The lowest BCUT2D eigenvalue weighted by atomic mass is 9.95. The first-order valence-electron chi connectivity index (χ1n) is 7.25. The van der Waals surface area contributed by atoms with Gasteiger partial charge in [0.05, 0.1) is 5.54 Å². The Hall–Kier alpha value is -0.630. The number of nitrogens with one attached hydrogen (secondary N) is 1. The Balaban J connectivity index is 2.22. The molecule has 1 aliphatic rings. The van der Waals surface area contributed by atoms with Gasteiger partial charge in [-0.2, -0.15) is 0 Å². The number of Topliss-reactive ketones (excluding diaryl/α,β-unsaturated/α-hetero) is 1. The molecule has 0 amide bonds. The van der Waals surface area contributed by atoms with Crippen LogP contribution in [0.3, 0.4) is 0 Å². The standard InChI is InChI=1S/C16H22ClFNOP/c1-12(14-6-8-15(18)9-7-14)21(3,17)19-16(13(2)20)10-4-5-11-16/h6-9,12,19H,3-5,10-11H2,1-2H3. The fourth-order valence-corrected chi connectivity index (χ4v) is 5.71. The van der Waals surface area contributed by atoms with Crippen molar-refractivity contribution < 1.29 is 9.18 Å². The Morgan fingerprint density at radius 1 is 1.38 bits per heavy atom. The molecule has 1 aliphatic carbocycles. The van der Waals surface area contributed by atoms with Crippen molar-refractivity contribution in [3.8, 4) is 0 Å². The third kappa shape index (κ3) is 3.59. The number of carbonyl (C=O) groups excluding carboxylic acids is 1. The van der Waals surface area contributed by atoms with Crippen LogP contribution in [0.1, 0.15) is 50.8 Å². The molecular formula is C16H22ClFNOP. The molecule has 0 radical (unpaired) electrons. The molecule has 116 valence electrons. The third-order valence-corrected chi connectivity index (χ3v) is 7.95. The quantitative estimate of drug-likeness (QED) is 0.779. The fourth-order valence-electron chi connectivity index (χ4n) is 2.95. The minimum Gasteiger partial charge on any atom is -0.298 e. The van der Waals surface area contributed by atoms with E-state index in [9.17, 15) is 9.18 Å². The van der Waals surface area contributed by atoms with E-state index in [1.807, 2.05) is 6.92 Å². The molecule has 0 aliphatic heterocycles. The monoisotopic (exact) mass is 329 g/mol. The van der Waals surface area contributed by atoms with E-state index in [2.05, 4.69) is 11.4 Å². The molecule has 5 heteroatoms. The zero-order valence-corrected chi connectivity index (χ0v) is 14.2. The van der Waals surface area contributed by atoms with Gasteiger partial charge in [-0.05, 0) is 37.5 Å². The van der Waals surface area contributed by atoms with Gasteiger partial charge in [-0.1, -0.05) is 49.4 Å². The molecule has 0 aromatic heterocycles. The zero-order chi connectivity index (χ0) is 15.7. The lowest BCUT2D eigenvalue weighted by Crippen LogP contribution is -2.46. The topological polar surface area (TPSA) is 29.1 Å². The van der Waals surface area contributed by atoms with Gasteiger partial charge < -0.3 is 0 Å². The fraction of sp³-hybridized carbons (Fsp3) is 0.500. The summed E-state index contributed by atoms with van der Waals surface area (Å²) in [4.78, 5) is 12.1. The van der Waals surface area contributed by atoms with Crippen LogP contribution in [0.5, 0.6) is 0 Å². The molecule has 1 fully saturated rings. The summed E-state index contributed by atoms with van der Waals surface area (Å²) in [6.07, 6.45) is 5.58. The van der Waals surface area contributed by atoms with Crippen molar-refractivity contribution in [3.63, 3.8) is 0 Å². The molecule has 2 rings (SSSR count). The maximum atomic E-state index is 13.0. The first-order valence-corrected chi connectivity index (χ1v) is 10.2. The van der Waals surface area contributed by atoms with E-state index < -0.39 is 11.9 Å². The summed E-state index contributed by atoms with van der Waals surface area (Å²) in [5.41, 5.74) is 0.376. The van der Waals surface area contributed by atoms with Crippen LogP contribution in [0, 0.1) is 5.82 Å². The molecule has 1 aromatic rings. The number of hydrogen-bond acceptors (Lipinski definition) is 2. The van der Waals surface area contributed by atoms with Crippen LogP contribution in [0.25, 0.3) is 0 Å². The van der Waals surface area contributed by atoms with E-state index in [0.717, 1.165) is 31.2 Å². The average Bonchev–Trinajstić information content (AvgIpc) is 2.88. The van der Waals surface area contributed by atoms with Crippen molar-refractivity contribution in [2.75, 3.05) is 0 Å². The second-order valence-corrected chi connectivity index (χ2v) is 10.3. The van der Waals surface area contributed by atoms with Crippen LogP contribution >= 0.6 is 17.6 Å². The summed E-state index contributed by atoms with van der Waals surface area (Å²) in [6, 6.07) is 6.33. The summed E-state index contributed by atoms with van der Waals surface area (Å²) < 4.78 is 13.0. The van der Waals surface area contributed by atoms with Gasteiger partial charge >= 0.3 is 0 Å². The molecule has 2 unspecified atom stereocenters. The molecule has 0 heterocycles. The highest BCUT2D eigenvalue weighted by Crippen LogP contribution is 2.61. The molecule has 1 saturated carbocycles. The minimum absolute atomic E-state index is 0.0448. The maximum absolute atomic E-state index is 13.0. The van der Waals surface area contributed by atoms with Gasteiger partial charge in [0, 0.05) is 12.0 Å². The van der Waals surface area contributed by atoms with E-state index in [0.29, 0.717) is 0 Å². The highest BCUT2D eigenvalue weighted by atomic mass is 35.7. The lowest BCUT2D eigenvalue weighted by molar-refractivity contribution is -0.122. The number of halogens is 2. The van der Waals surface area contributed by atoms with Gasteiger partial charge in [-0.15, -0.1) is 0 Å². The molecule has 0 spiro atoms. The van der Waals surface area contributed by atoms with E-state index in [-0.39, 0.29) is 17.3 Å². The lowest BCUT2D eigenvalue weighted by Gasteiger charge is -2.36. The second kappa shape index (κ2) is 6.24. The highest BCUT2D eigenvalue weighted by Gasteiger charge is 2.42. The first kappa shape index (κ1) is 16.7. The Morgan fingerprint density at radius 3 is 2.38 bits per heavy atom. The van der Waals surface area contributed by atoms with Crippen molar-refractivity contribution in [3.05, 3.63) is 35.6 Å². The van der Waals surface area contributed by atoms with Crippen LogP contribution in [-0.4, -0.2) is 17.6 Å². The van der Waals surface area contributed by atoms with Crippen LogP contribution in [0.15, 0.2) is 24.3 Å². The Bertz CT molecular complexity index is 566. The van der Waals surface area contributed by atoms with Crippen molar-refractivity contribution in [1.29, 1.82) is 0 Å². The number of benzene rings is 1. The molecule has 1 aromatic carbocycles. The zero-order valence-electron chi connectivity index (χ0n) is 12.5. The van der Waals surface area contributed by atoms with E-state index in [1.54, 1.807) is 19.1 Å². The second-order valence-electron chi connectivity index (χ2n) is 5.96. The number of carbonyl (C=O) groups is 1. The maximum Gasteiger partial charge on any atom is 0.150 e. The van der Waals surface area contributed by atoms with Crippen molar-refractivity contribution in [2.45, 2.75) is 50.7 Å². The number of ketones is 1. The summed E-state index contributed by atoms with van der Waals surface area (Å²) in [6.45, 7) is 3.61. The molecule has 21 heavy (non-hydrogen) atoms. The van der Waals surface area contributed by atoms with Crippen molar-refractivity contribution in [2.24, 2.45) is 0 Å². The predicted octanol–water partition coefficient (Wildman–Crippen LogP) is 4.90. The van der Waals surface area contributed by atoms with E-state index in [4.69, 9.17) is 11.2 Å². The minimum atomic E-state index is -2.31. The van der Waals surface area contributed by atoms with Gasteiger partial charge in [0.15, 0.2) is 0 Å². The summed E-state index contributed by atoms with van der Waals surface area (Å²) >= 11 is 6.72. The normalized spacial score (nSPS) is 21.7. The van der Waals surface area contributed by atoms with E-state index in [1.165, 1.54) is 12.1 Å². The van der Waals surface area contributed by atoms with E-state index >= 15 is 0 Å². The highest BCUT2D eigenvalue weighted by molar-refractivity contribution is 7.95. The third-order valence-electron chi connectivity index (χ3n) is 4.50. The summed E-state index contributed by atoms with van der Waals surface area (Å²) in [5, 5.41) is 3.40.